The number of hydrogen-bond donors (Lipinski definition) is 0. The standard InChI is InChI=1S/C35H21NO/c1-2-10-25-22(8-1)9-7-13-26(25)23-16-18-24(19-17-23)35-34-28(27-11-3-5-14-30(27)36-35)20-21-32-33(34)29-12-4-6-15-31(29)37-32/h1-21H. The van der Waals surface area contributed by atoms with E-state index in [-0.39, 0.29) is 0 Å². The fraction of sp³-hybridized carbons (Fsp3) is 0. The second kappa shape index (κ2) is 7.78. The third kappa shape index (κ3) is 3.03. The Labute approximate surface area is 213 Å². The largest absolute Gasteiger partial charge is 0.456 e. The fourth-order valence-electron chi connectivity index (χ4n) is 5.76. The van der Waals surface area contributed by atoms with E-state index in [4.69, 9.17) is 9.40 Å². The average Bonchev–Trinajstić information content (AvgIpc) is 3.35. The van der Waals surface area contributed by atoms with Crippen molar-refractivity contribution in [1.82, 2.24) is 4.98 Å². The summed E-state index contributed by atoms with van der Waals surface area (Å²) in [5.41, 5.74) is 7.30. The molecule has 0 aliphatic rings. The van der Waals surface area contributed by atoms with E-state index in [1.165, 1.54) is 27.3 Å². The first-order valence-electron chi connectivity index (χ1n) is 12.6. The lowest BCUT2D eigenvalue weighted by molar-refractivity contribution is 0.669. The summed E-state index contributed by atoms with van der Waals surface area (Å²) in [5.74, 6) is 0. The number of fused-ring (bicyclic) bond motifs is 8. The van der Waals surface area contributed by atoms with Crippen LogP contribution in [0.3, 0.4) is 0 Å². The molecule has 0 saturated heterocycles. The maximum atomic E-state index is 6.25. The normalized spacial score (nSPS) is 11.8. The summed E-state index contributed by atoms with van der Waals surface area (Å²) in [7, 11) is 0. The van der Waals surface area contributed by atoms with Gasteiger partial charge < -0.3 is 4.42 Å². The SMILES string of the molecule is c1ccc2c(-c3ccc(-c4nc5ccccc5c5ccc6oc7ccccc7c6c45)cc3)cccc2c1. The van der Waals surface area contributed by atoms with Gasteiger partial charge in [-0.15, -0.1) is 0 Å². The number of hydrogen-bond acceptors (Lipinski definition) is 2. The van der Waals surface area contributed by atoms with E-state index in [2.05, 4.69) is 115 Å². The first-order chi connectivity index (χ1) is 18.3. The minimum absolute atomic E-state index is 0.888. The van der Waals surface area contributed by atoms with Crippen molar-refractivity contribution in [2.24, 2.45) is 0 Å². The molecule has 0 N–H and O–H groups in total. The van der Waals surface area contributed by atoms with E-state index in [9.17, 15) is 0 Å². The van der Waals surface area contributed by atoms with Crippen LogP contribution in [-0.2, 0) is 0 Å². The van der Waals surface area contributed by atoms with Crippen molar-refractivity contribution < 1.29 is 4.42 Å². The number of rotatable bonds is 2. The van der Waals surface area contributed by atoms with Crippen LogP contribution < -0.4 is 0 Å². The highest BCUT2D eigenvalue weighted by molar-refractivity contribution is 6.26. The van der Waals surface area contributed by atoms with Gasteiger partial charge in [-0.05, 0) is 51.6 Å². The van der Waals surface area contributed by atoms with Crippen LogP contribution >= 0.6 is 0 Å². The molecule has 0 atom stereocenters. The van der Waals surface area contributed by atoms with Crippen LogP contribution in [-0.4, -0.2) is 4.98 Å². The average molecular weight is 472 g/mol. The van der Waals surface area contributed by atoms with E-state index in [0.29, 0.717) is 0 Å². The smallest absolute Gasteiger partial charge is 0.136 e. The summed E-state index contributed by atoms with van der Waals surface area (Å²) in [6.45, 7) is 0. The fourth-order valence-corrected chi connectivity index (χ4v) is 5.76. The molecule has 2 nitrogen and oxygen atoms in total. The Bertz CT molecular complexity index is 2130. The van der Waals surface area contributed by atoms with Gasteiger partial charge in [0.05, 0.1) is 11.2 Å². The monoisotopic (exact) mass is 471 g/mol. The van der Waals surface area contributed by atoms with Gasteiger partial charge in [-0.25, -0.2) is 4.98 Å². The molecule has 8 aromatic rings. The van der Waals surface area contributed by atoms with E-state index in [1.807, 2.05) is 12.1 Å². The highest BCUT2D eigenvalue weighted by atomic mass is 16.3. The van der Waals surface area contributed by atoms with Gasteiger partial charge in [0, 0.05) is 27.1 Å². The zero-order valence-corrected chi connectivity index (χ0v) is 20.0. The third-order valence-corrected chi connectivity index (χ3v) is 7.47. The maximum Gasteiger partial charge on any atom is 0.136 e. The Morgan fingerprint density at radius 3 is 2.03 bits per heavy atom. The highest BCUT2D eigenvalue weighted by Crippen LogP contribution is 2.41. The van der Waals surface area contributed by atoms with Crippen LogP contribution in [0.5, 0.6) is 0 Å². The molecule has 0 aliphatic heterocycles. The van der Waals surface area contributed by atoms with Crippen molar-refractivity contribution in [3.63, 3.8) is 0 Å². The summed E-state index contributed by atoms with van der Waals surface area (Å²) in [6.07, 6.45) is 0. The number of nitrogens with zero attached hydrogens (tertiary/aromatic N) is 1. The molecule has 2 heterocycles. The van der Waals surface area contributed by atoms with Crippen molar-refractivity contribution in [3.05, 3.63) is 127 Å². The van der Waals surface area contributed by atoms with Gasteiger partial charge >= 0.3 is 0 Å². The first kappa shape index (κ1) is 20.3. The van der Waals surface area contributed by atoms with Gasteiger partial charge in [-0.2, -0.15) is 0 Å². The van der Waals surface area contributed by atoms with E-state index >= 15 is 0 Å². The van der Waals surface area contributed by atoms with Gasteiger partial charge in [0.1, 0.15) is 11.2 Å². The second-order valence-electron chi connectivity index (χ2n) is 9.54. The molecule has 37 heavy (non-hydrogen) atoms. The van der Waals surface area contributed by atoms with Gasteiger partial charge in [-0.3, -0.25) is 0 Å². The number of aromatic nitrogens is 1. The molecule has 0 bridgehead atoms. The Hall–Kier alpha value is -4.95. The molecule has 6 aromatic carbocycles. The predicted octanol–water partition coefficient (Wildman–Crippen LogP) is 9.77. The summed E-state index contributed by atoms with van der Waals surface area (Å²) in [6, 6.07) is 44.8. The number of pyridine rings is 1. The molecule has 2 heteroatoms. The number of furan rings is 1. The number of para-hydroxylation sites is 2. The molecule has 0 radical (unpaired) electrons. The molecule has 8 rings (SSSR count). The van der Waals surface area contributed by atoms with E-state index in [0.717, 1.165) is 49.5 Å². The molecule has 0 fully saturated rings. The molecule has 0 unspecified atom stereocenters. The summed E-state index contributed by atoms with van der Waals surface area (Å²) in [4.78, 5) is 5.22. The minimum Gasteiger partial charge on any atom is -0.456 e. The zero-order chi connectivity index (χ0) is 24.3. The molecule has 172 valence electrons. The van der Waals surface area contributed by atoms with Crippen molar-refractivity contribution in [3.8, 4) is 22.4 Å². The lowest BCUT2D eigenvalue weighted by Crippen LogP contribution is -1.91. The van der Waals surface area contributed by atoms with Gasteiger partial charge in [-0.1, -0.05) is 103 Å². The highest BCUT2D eigenvalue weighted by Gasteiger charge is 2.17. The minimum atomic E-state index is 0.888. The van der Waals surface area contributed by atoms with E-state index in [1.54, 1.807) is 0 Å². The lowest BCUT2D eigenvalue weighted by atomic mass is 9.94. The first-order valence-corrected chi connectivity index (χ1v) is 12.6. The van der Waals surface area contributed by atoms with Crippen LogP contribution in [0.2, 0.25) is 0 Å². The van der Waals surface area contributed by atoms with Crippen LogP contribution in [0, 0.1) is 0 Å². The topological polar surface area (TPSA) is 26.0 Å². The molecule has 2 aromatic heterocycles. The van der Waals surface area contributed by atoms with Crippen molar-refractivity contribution in [2.75, 3.05) is 0 Å². The van der Waals surface area contributed by atoms with Crippen molar-refractivity contribution in [2.45, 2.75) is 0 Å². The summed E-state index contributed by atoms with van der Waals surface area (Å²) >= 11 is 0. The number of benzene rings is 6. The van der Waals surface area contributed by atoms with Crippen LogP contribution in [0.15, 0.2) is 132 Å². The molecule has 0 amide bonds. The maximum absolute atomic E-state index is 6.25. The molecule has 0 spiro atoms. The second-order valence-corrected chi connectivity index (χ2v) is 9.54. The van der Waals surface area contributed by atoms with E-state index < -0.39 is 0 Å². The Balaban J connectivity index is 1.42. The summed E-state index contributed by atoms with van der Waals surface area (Å²) in [5, 5.41) is 8.24. The van der Waals surface area contributed by atoms with Crippen LogP contribution in [0.4, 0.5) is 0 Å². The lowest BCUT2D eigenvalue weighted by Gasteiger charge is -2.12. The van der Waals surface area contributed by atoms with Crippen LogP contribution in [0.25, 0.3) is 76.8 Å². The predicted molar refractivity (Wildman–Crippen MR) is 155 cm³/mol. The zero-order valence-electron chi connectivity index (χ0n) is 20.0. The Morgan fingerprint density at radius 2 is 1.14 bits per heavy atom. The van der Waals surface area contributed by atoms with Gasteiger partial charge in [0.2, 0.25) is 0 Å². The molecule has 0 aliphatic carbocycles. The Morgan fingerprint density at radius 1 is 0.432 bits per heavy atom. The third-order valence-electron chi connectivity index (χ3n) is 7.47. The van der Waals surface area contributed by atoms with Gasteiger partial charge in [0.25, 0.3) is 0 Å². The van der Waals surface area contributed by atoms with Crippen molar-refractivity contribution in [1.29, 1.82) is 0 Å². The van der Waals surface area contributed by atoms with Crippen molar-refractivity contribution >= 4 is 54.4 Å². The molecular weight excluding hydrogens is 450 g/mol. The van der Waals surface area contributed by atoms with Crippen LogP contribution in [0.1, 0.15) is 0 Å². The Kier molecular flexibility index (Phi) is 4.26. The molecule has 0 saturated carbocycles. The quantitative estimate of drug-likeness (QED) is 0.235. The molecular formula is C35H21NO. The summed E-state index contributed by atoms with van der Waals surface area (Å²) < 4.78 is 6.25. The van der Waals surface area contributed by atoms with Gasteiger partial charge in [0.15, 0.2) is 0 Å².